The standard InChI is InChI=1S/C20H19N5O4/c1-12(11-22-19(28)15-6-7-18(27)25-24-15)8-9-21-20(29)16-10-17(26)13-4-2-3-5-14(13)23-16/h2-7,10H,1,8-9,11H2,(H,21,29)(H,22,28)(H,23,26)(H,25,27). The van der Waals surface area contributed by atoms with Gasteiger partial charge in [0.1, 0.15) is 11.4 Å². The first-order chi connectivity index (χ1) is 13.9. The molecule has 148 valence electrons. The minimum Gasteiger partial charge on any atom is -0.350 e. The molecule has 0 atom stereocenters. The Morgan fingerprint density at radius 3 is 2.59 bits per heavy atom. The number of benzene rings is 1. The highest BCUT2D eigenvalue weighted by Gasteiger charge is 2.10. The molecule has 9 heteroatoms. The van der Waals surface area contributed by atoms with Gasteiger partial charge in [0, 0.05) is 36.1 Å². The van der Waals surface area contributed by atoms with Gasteiger partial charge in [-0.1, -0.05) is 24.3 Å². The van der Waals surface area contributed by atoms with E-state index in [4.69, 9.17) is 0 Å². The molecular weight excluding hydrogens is 374 g/mol. The third-order valence-corrected chi connectivity index (χ3v) is 4.16. The molecule has 0 saturated carbocycles. The van der Waals surface area contributed by atoms with Crippen molar-refractivity contribution in [2.75, 3.05) is 13.1 Å². The predicted octanol–water partition coefficient (Wildman–Crippen LogP) is 0.717. The van der Waals surface area contributed by atoms with Crippen molar-refractivity contribution in [3.05, 3.63) is 86.6 Å². The molecule has 0 fully saturated rings. The Balaban J connectivity index is 1.48. The average Bonchev–Trinajstić information content (AvgIpc) is 2.72. The zero-order valence-electron chi connectivity index (χ0n) is 15.5. The summed E-state index contributed by atoms with van der Waals surface area (Å²) in [6, 6.07) is 10.8. The summed E-state index contributed by atoms with van der Waals surface area (Å²) in [5.74, 6) is -0.845. The van der Waals surface area contributed by atoms with E-state index in [-0.39, 0.29) is 23.4 Å². The van der Waals surface area contributed by atoms with Crippen molar-refractivity contribution in [2.45, 2.75) is 6.42 Å². The minimum absolute atomic E-state index is 0.0889. The molecule has 0 saturated heterocycles. The maximum Gasteiger partial charge on any atom is 0.271 e. The highest BCUT2D eigenvalue weighted by molar-refractivity contribution is 5.94. The number of nitrogens with zero attached hydrogens (tertiary/aromatic N) is 1. The fourth-order valence-corrected chi connectivity index (χ4v) is 2.62. The molecule has 2 aromatic heterocycles. The van der Waals surface area contributed by atoms with Gasteiger partial charge in [-0.3, -0.25) is 19.2 Å². The summed E-state index contributed by atoms with van der Waals surface area (Å²) in [5, 5.41) is 11.7. The van der Waals surface area contributed by atoms with E-state index in [0.717, 1.165) is 0 Å². The monoisotopic (exact) mass is 393 g/mol. The topological polar surface area (TPSA) is 137 Å². The Kier molecular flexibility index (Phi) is 5.98. The van der Waals surface area contributed by atoms with E-state index in [2.05, 4.69) is 32.4 Å². The molecule has 0 aliphatic heterocycles. The van der Waals surface area contributed by atoms with Crippen LogP contribution in [0.25, 0.3) is 10.9 Å². The summed E-state index contributed by atoms with van der Waals surface area (Å²) in [4.78, 5) is 50.2. The van der Waals surface area contributed by atoms with Crippen LogP contribution in [0.1, 0.15) is 27.4 Å². The molecule has 0 aliphatic carbocycles. The molecular formula is C20H19N5O4. The van der Waals surface area contributed by atoms with Crippen molar-refractivity contribution in [1.29, 1.82) is 0 Å². The Bertz CT molecular complexity index is 1170. The molecule has 1 aromatic carbocycles. The zero-order valence-corrected chi connectivity index (χ0v) is 15.5. The number of aromatic amines is 2. The van der Waals surface area contributed by atoms with Crippen LogP contribution in [0, 0.1) is 0 Å². The number of pyridine rings is 1. The fraction of sp³-hybridized carbons (Fsp3) is 0.150. The largest absolute Gasteiger partial charge is 0.350 e. The number of hydrogen-bond acceptors (Lipinski definition) is 5. The second kappa shape index (κ2) is 8.79. The summed E-state index contributed by atoms with van der Waals surface area (Å²) in [6.07, 6.45) is 0.433. The summed E-state index contributed by atoms with van der Waals surface area (Å²) in [7, 11) is 0. The van der Waals surface area contributed by atoms with Crippen LogP contribution in [-0.4, -0.2) is 40.1 Å². The van der Waals surface area contributed by atoms with Gasteiger partial charge in [-0.2, -0.15) is 5.10 Å². The lowest BCUT2D eigenvalue weighted by Gasteiger charge is -2.09. The van der Waals surface area contributed by atoms with Crippen LogP contribution < -0.4 is 21.6 Å². The maximum absolute atomic E-state index is 12.3. The number of aromatic nitrogens is 3. The molecule has 0 radical (unpaired) electrons. The lowest BCUT2D eigenvalue weighted by Crippen LogP contribution is -2.30. The Morgan fingerprint density at radius 1 is 1.03 bits per heavy atom. The predicted molar refractivity (Wildman–Crippen MR) is 108 cm³/mol. The van der Waals surface area contributed by atoms with Gasteiger partial charge >= 0.3 is 0 Å². The Labute approximate surface area is 164 Å². The zero-order chi connectivity index (χ0) is 20.8. The minimum atomic E-state index is -0.444. The normalized spacial score (nSPS) is 10.5. The number of para-hydroxylation sites is 1. The summed E-state index contributed by atoms with van der Waals surface area (Å²) in [5.41, 5.74) is 0.924. The first kappa shape index (κ1) is 19.7. The van der Waals surface area contributed by atoms with Crippen molar-refractivity contribution in [2.24, 2.45) is 0 Å². The highest BCUT2D eigenvalue weighted by Crippen LogP contribution is 2.07. The van der Waals surface area contributed by atoms with E-state index in [1.54, 1.807) is 24.3 Å². The van der Waals surface area contributed by atoms with Crippen LogP contribution in [0.4, 0.5) is 0 Å². The van der Waals surface area contributed by atoms with Crippen LogP contribution in [0.15, 0.2) is 64.2 Å². The Morgan fingerprint density at radius 2 is 1.83 bits per heavy atom. The second-order valence-corrected chi connectivity index (χ2v) is 6.34. The van der Waals surface area contributed by atoms with Gasteiger partial charge in [-0.05, 0) is 24.6 Å². The quantitative estimate of drug-likeness (QED) is 0.438. The molecule has 0 spiro atoms. The maximum atomic E-state index is 12.3. The molecule has 0 bridgehead atoms. The van der Waals surface area contributed by atoms with Crippen molar-refractivity contribution in [3.8, 4) is 0 Å². The molecule has 3 rings (SSSR count). The van der Waals surface area contributed by atoms with Crippen LogP contribution >= 0.6 is 0 Å². The third-order valence-electron chi connectivity index (χ3n) is 4.16. The first-order valence-corrected chi connectivity index (χ1v) is 8.85. The van der Waals surface area contributed by atoms with E-state index < -0.39 is 17.4 Å². The van der Waals surface area contributed by atoms with Gasteiger partial charge in [-0.25, -0.2) is 5.10 Å². The van der Waals surface area contributed by atoms with E-state index in [1.165, 1.54) is 18.2 Å². The van der Waals surface area contributed by atoms with E-state index >= 15 is 0 Å². The third kappa shape index (κ3) is 5.04. The van der Waals surface area contributed by atoms with Gasteiger partial charge in [0.2, 0.25) is 0 Å². The average molecular weight is 393 g/mol. The van der Waals surface area contributed by atoms with Crippen molar-refractivity contribution < 1.29 is 9.59 Å². The SMILES string of the molecule is C=C(CCNC(=O)c1cc(=O)c2ccccc2[nH]1)CNC(=O)c1ccc(=O)[nH]n1. The number of carbonyl (C=O) groups excluding carboxylic acids is 2. The van der Waals surface area contributed by atoms with Gasteiger partial charge in [0.25, 0.3) is 17.4 Å². The van der Waals surface area contributed by atoms with Crippen molar-refractivity contribution in [3.63, 3.8) is 0 Å². The lowest BCUT2D eigenvalue weighted by atomic mass is 10.2. The molecule has 2 heterocycles. The Hall–Kier alpha value is -4.01. The second-order valence-electron chi connectivity index (χ2n) is 6.34. The van der Waals surface area contributed by atoms with Crippen LogP contribution in [0.3, 0.4) is 0 Å². The lowest BCUT2D eigenvalue weighted by molar-refractivity contribution is 0.0938. The molecule has 0 aliphatic rings. The number of rotatable bonds is 7. The first-order valence-electron chi connectivity index (χ1n) is 8.85. The number of nitrogens with one attached hydrogen (secondary N) is 4. The molecule has 9 nitrogen and oxygen atoms in total. The molecule has 3 aromatic rings. The number of hydrogen-bond donors (Lipinski definition) is 4. The fourth-order valence-electron chi connectivity index (χ4n) is 2.62. The van der Waals surface area contributed by atoms with Gasteiger partial charge in [0.15, 0.2) is 5.43 Å². The number of fused-ring (bicyclic) bond motifs is 1. The van der Waals surface area contributed by atoms with Crippen molar-refractivity contribution in [1.82, 2.24) is 25.8 Å². The summed E-state index contributed by atoms with van der Waals surface area (Å²) < 4.78 is 0. The van der Waals surface area contributed by atoms with Crippen LogP contribution in [-0.2, 0) is 0 Å². The van der Waals surface area contributed by atoms with E-state index in [9.17, 15) is 19.2 Å². The summed E-state index contributed by atoms with van der Waals surface area (Å²) in [6.45, 7) is 4.34. The number of amides is 2. The highest BCUT2D eigenvalue weighted by atomic mass is 16.2. The molecule has 2 amide bonds. The molecule has 29 heavy (non-hydrogen) atoms. The van der Waals surface area contributed by atoms with E-state index in [1.807, 2.05) is 0 Å². The number of carbonyl (C=O) groups is 2. The molecule has 0 unspecified atom stereocenters. The van der Waals surface area contributed by atoms with Crippen LogP contribution in [0.5, 0.6) is 0 Å². The van der Waals surface area contributed by atoms with Gasteiger partial charge < -0.3 is 15.6 Å². The molecule has 4 N–H and O–H groups in total. The van der Waals surface area contributed by atoms with E-state index in [0.29, 0.717) is 29.4 Å². The smallest absolute Gasteiger partial charge is 0.271 e. The van der Waals surface area contributed by atoms with Crippen LogP contribution in [0.2, 0.25) is 0 Å². The van der Waals surface area contributed by atoms with Crippen molar-refractivity contribution >= 4 is 22.7 Å². The van der Waals surface area contributed by atoms with Gasteiger partial charge in [0.05, 0.1) is 0 Å². The summed E-state index contributed by atoms with van der Waals surface area (Å²) >= 11 is 0. The number of H-pyrrole nitrogens is 2. The van der Waals surface area contributed by atoms with Gasteiger partial charge in [-0.15, -0.1) is 0 Å².